The molecule has 0 radical (unpaired) electrons. The molecule has 1 aliphatic rings. The van der Waals surface area contributed by atoms with Crippen molar-refractivity contribution < 1.29 is 9.84 Å². The highest BCUT2D eigenvalue weighted by Crippen LogP contribution is 2.32. The molecule has 2 atom stereocenters. The SMILES string of the molecule is CCC1CC(O)(C(C)C)CCO1. The van der Waals surface area contributed by atoms with Crippen molar-refractivity contribution in [3.63, 3.8) is 0 Å². The highest BCUT2D eigenvalue weighted by molar-refractivity contribution is 4.87. The van der Waals surface area contributed by atoms with Gasteiger partial charge in [-0.3, -0.25) is 0 Å². The molecule has 12 heavy (non-hydrogen) atoms. The van der Waals surface area contributed by atoms with Crippen LogP contribution in [-0.4, -0.2) is 23.4 Å². The minimum atomic E-state index is -0.473. The molecular weight excluding hydrogens is 152 g/mol. The van der Waals surface area contributed by atoms with Gasteiger partial charge in [0.1, 0.15) is 0 Å². The van der Waals surface area contributed by atoms with E-state index in [-0.39, 0.29) is 6.10 Å². The van der Waals surface area contributed by atoms with E-state index in [9.17, 15) is 5.11 Å². The van der Waals surface area contributed by atoms with Gasteiger partial charge < -0.3 is 9.84 Å². The Morgan fingerprint density at radius 1 is 1.58 bits per heavy atom. The summed E-state index contributed by atoms with van der Waals surface area (Å²) in [5.41, 5.74) is -0.473. The molecular formula is C10H20O2. The van der Waals surface area contributed by atoms with E-state index in [4.69, 9.17) is 4.74 Å². The smallest absolute Gasteiger partial charge is 0.0717 e. The zero-order chi connectivity index (χ0) is 9.19. The summed E-state index contributed by atoms with van der Waals surface area (Å²) in [6.07, 6.45) is 2.88. The predicted molar refractivity (Wildman–Crippen MR) is 49.1 cm³/mol. The molecule has 0 saturated carbocycles. The molecule has 1 fully saturated rings. The van der Waals surface area contributed by atoms with Crippen LogP contribution in [0.25, 0.3) is 0 Å². The van der Waals surface area contributed by atoms with E-state index < -0.39 is 5.60 Å². The predicted octanol–water partition coefficient (Wildman–Crippen LogP) is 1.96. The van der Waals surface area contributed by atoms with Crippen molar-refractivity contribution in [3.05, 3.63) is 0 Å². The van der Waals surface area contributed by atoms with E-state index in [0.29, 0.717) is 12.5 Å². The number of hydrogen-bond donors (Lipinski definition) is 1. The maximum Gasteiger partial charge on any atom is 0.0717 e. The fourth-order valence-corrected chi connectivity index (χ4v) is 1.74. The third kappa shape index (κ3) is 1.99. The second kappa shape index (κ2) is 3.75. The summed E-state index contributed by atoms with van der Waals surface area (Å²) in [5, 5.41) is 10.2. The fourth-order valence-electron chi connectivity index (χ4n) is 1.74. The van der Waals surface area contributed by atoms with Crippen LogP contribution in [0.15, 0.2) is 0 Å². The summed E-state index contributed by atoms with van der Waals surface area (Å²) in [7, 11) is 0. The zero-order valence-corrected chi connectivity index (χ0v) is 8.34. The zero-order valence-electron chi connectivity index (χ0n) is 8.34. The van der Waals surface area contributed by atoms with Gasteiger partial charge in [0, 0.05) is 13.0 Å². The summed E-state index contributed by atoms with van der Waals surface area (Å²) in [5.74, 6) is 0.343. The van der Waals surface area contributed by atoms with Crippen LogP contribution in [0.1, 0.15) is 40.0 Å². The molecule has 1 saturated heterocycles. The summed E-state index contributed by atoms with van der Waals surface area (Å²) < 4.78 is 5.51. The number of rotatable bonds is 2. The summed E-state index contributed by atoms with van der Waals surface area (Å²) >= 11 is 0. The van der Waals surface area contributed by atoms with E-state index in [0.717, 1.165) is 19.3 Å². The highest BCUT2D eigenvalue weighted by Gasteiger charge is 2.36. The van der Waals surface area contributed by atoms with Gasteiger partial charge in [0.2, 0.25) is 0 Å². The Bertz CT molecular complexity index is 145. The van der Waals surface area contributed by atoms with E-state index in [2.05, 4.69) is 20.8 Å². The molecule has 2 unspecified atom stereocenters. The fraction of sp³-hybridized carbons (Fsp3) is 1.00. The lowest BCUT2D eigenvalue weighted by Crippen LogP contribution is -2.44. The molecule has 1 rings (SSSR count). The largest absolute Gasteiger partial charge is 0.389 e. The molecule has 0 amide bonds. The van der Waals surface area contributed by atoms with E-state index >= 15 is 0 Å². The lowest BCUT2D eigenvalue weighted by molar-refractivity contribution is -0.125. The molecule has 0 aromatic carbocycles. The Hall–Kier alpha value is -0.0800. The molecule has 1 aliphatic heterocycles. The van der Waals surface area contributed by atoms with Crippen molar-refractivity contribution in [1.29, 1.82) is 0 Å². The number of ether oxygens (including phenoxy) is 1. The number of aliphatic hydroxyl groups is 1. The van der Waals surface area contributed by atoms with Crippen LogP contribution in [-0.2, 0) is 4.74 Å². The first kappa shape index (κ1) is 10.0. The van der Waals surface area contributed by atoms with Gasteiger partial charge in [-0.1, -0.05) is 20.8 Å². The summed E-state index contributed by atoms with van der Waals surface area (Å²) in [6.45, 7) is 6.99. The first-order valence-electron chi connectivity index (χ1n) is 4.92. The molecule has 0 aromatic rings. The number of hydrogen-bond acceptors (Lipinski definition) is 2. The Kier molecular flexibility index (Phi) is 3.13. The molecule has 1 heterocycles. The highest BCUT2D eigenvalue weighted by atomic mass is 16.5. The topological polar surface area (TPSA) is 29.5 Å². The lowest BCUT2D eigenvalue weighted by atomic mass is 9.80. The van der Waals surface area contributed by atoms with Crippen molar-refractivity contribution in [2.75, 3.05) is 6.61 Å². The monoisotopic (exact) mass is 172 g/mol. The minimum Gasteiger partial charge on any atom is -0.389 e. The first-order valence-corrected chi connectivity index (χ1v) is 4.92. The van der Waals surface area contributed by atoms with Crippen LogP contribution in [0.3, 0.4) is 0 Å². The molecule has 2 heteroatoms. The van der Waals surface area contributed by atoms with Gasteiger partial charge in [-0.2, -0.15) is 0 Å². The second-order valence-corrected chi connectivity index (χ2v) is 4.11. The van der Waals surface area contributed by atoms with Crippen molar-refractivity contribution >= 4 is 0 Å². The third-order valence-electron chi connectivity index (χ3n) is 3.00. The molecule has 1 N–H and O–H groups in total. The molecule has 72 valence electrons. The van der Waals surface area contributed by atoms with Crippen LogP contribution >= 0.6 is 0 Å². The van der Waals surface area contributed by atoms with Crippen molar-refractivity contribution in [2.24, 2.45) is 5.92 Å². The maximum atomic E-state index is 10.2. The van der Waals surface area contributed by atoms with Gasteiger partial charge in [0.15, 0.2) is 0 Å². The van der Waals surface area contributed by atoms with Crippen molar-refractivity contribution in [3.8, 4) is 0 Å². The standard InChI is InChI=1S/C10H20O2/c1-4-9-7-10(11,8(2)3)5-6-12-9/h8-9,11H,4-7H2,1-3H3. The summed E-state index contributed by atoms with van der Waals surface area (Å²) in [4.78, 5) is 0. The second-order valence-electron chi connectivity index (χ2n) is 4.11. The van der Waals surface area contributed by atoms with Gasteiger partial charge >= 0.3 is 0 Å². The normalized spacial score (nSPS) is 37.2. The van der Waals surface area contributed by atoms with Gasteiger partial charge in [-0.25, -0.2) is 0 Å². The minimum absolute atomic E-state index is 0.270. The Morgan fingerprint density at radius 3 is 2.75 bits per heavy atom. The molecule has 2 nitrogen and oxygen atoms in total. The van der Waals surface area contributed by atoms with Gasteiger partial charge in [0.25, 0.3) is 0 Å². The van der Waals surface area contributed by atoms with E-state index in [1.807, 2.05) is 0 Å². The van der Waals surface area contributed by atoms with Crippen LogP contribution in [0.5, 0.6) is 0 Å². The average molecular weight is 172 g/mol. The first-order chi connectivity index (χ1) is 5.58. The Morgan fingerprint density at radius 2 is 2.25 bits per heavy atom. The lowest BCUT2D eigenvalue weighted by Gasteiger charge is -2.39. The van der Waals surface area contributed by atoms with Crippen molar-refractivity contribution in [2.45, 2.75) is 51.7 Å². The van der Waals surface area contributed by atoms with E-state index in [1.165, 1.54) is 0 Å². The van der Waals surface area contributed by atoms with Gasteiger partial charge in [-0.05, 0) is 18.8 Å². The van der Waals surface area contributed by atoms with E-state index in [1.54, 1.807) is 0 Å². The maximum absolute atomic E-state index is 10.2. The molecule has 0 aromatic heterocycles. The van der Waals surface area contributed by atoms with Crippen LogP contribution in [0.4, 0.5) is 0 Å². The van der Waals surface area contributed by atoms with Gasteiger partial charge in [-0.15, -0.1) is 0 Å². The molecule has 0 aliphatic carbocycles. The van der Waals surface area contributed by atoms with Crippen LogP contribution < -0.4 is 0 Å². The van der Waals surface area contributed by atoms with Crippen molar-refractivity contribution in [1.82, 2.24) is 0 Å². The third-order valence-corrected chi connectivity index (χ3v) is 3.00. The van der Waals surface area contributed by atoms with Gasteiger partial charge in [0.05, 0.1) is 11.7 Å². The van der Waals surface area contributed by atoms with Crippen LogP contribution in [0, 0.1) is 5.92 Å². The van der Waals surface area contributed by atoms with Crippen LogP contribution in [0.2, 0.25) is 0 Å². The average Bonchev–Trinajstić information content (AvgIpc) is 2.04. The summed E-state index contributed by atoms with van der Waals surface area (Å²) in [6, 6.07) is 0. The Labute approximate surface area is 74.9 Å². The molecule has 0 spiro atoms. The Balaban J connectivity index is 2.54. The molecule has 0 bridgehead atoms. The quantitative estimate of drug-likeness (QED) is 0.690.